The zero-order valence-electron chi connectivity index (χ0n) is 14.3. The van der Waals surface area contributed by atoms with E-state index in [-0.39, 0.29) is 12.3 Å². The number of benzene rings is 2. The van der Waals surface area contributed by atoms with Gasteiger partial charge in [-0.25, -0.2) is 0 Å². The van der Waals surface area contributed by atoms with Crippen LogP contribution in [0.1, 0.15) is 36.1 Å². The third kappa shape index (κ3) is 5.34. The van der Waals surface area contributed by atoms with Gasteiger partial charge in [-0.05, 0) is 24.6 Å². The summed E-state index contributed by atoms with van der Waals surface area (Å²) in [6.07, 6.45) is -4.93. The second kappa shape index (κ2) is 8.03. The highest BCUT2D eigenvalue weighted by Crippen LogP contribution is 2.36. The molecule has 0 aliphatic rings. The summed E-state index contributed by atoms with van der Waals surface area (Å²) in [5.41, 5.74) is 0.628. The first-order valence-corrected chi connectivity index (χ1v) is 7.87. The van der Waals surface area contributed by atoms with E-state index in [4.69, 9.17) is 4.74 Å². The maximum absolute atomic E-state index is 13.0. The van der Waals surface area contributed by atoms with E-state index >= 15 is 0 Å². The van der Waals surface area contributed by atoms with Gasteiger partial charge in [-0.1, -0.05) is 42.0 Å². The normalized spacial score (nSPS) is 12.3. The third-order valence-electron chi connectivity index (χ3n) is 3.64. The fourth-order valence-corrected chi connectivity index (χ4v) is 2.42. The molecule has 0 spiro atoms. The van der Waals surface area contributed by atoms with Gasteiger partial charge >= 0.3 is 12.1 Å². The van der Waals surface area contributed by atoms with Crippen LogP contribution in [0, 0.1) is 6.92 Å². The van der Waals surface area contributed by atoms with E-state index in [1.165, 1.54) is 19.1 Å². The van der Waals surface area contributed by atoms with Crippen molar-refractivity contribution in [1.29, 1.82) is 0 Å². The molecular formula is C19H18F3NO3. The summed E-state index contributed by atoms with van der Waals surface area (Å²) in [6.45, 7) is 3.19. The summed E-state index contributed by atoms with van der Waals surface area (Å²) in [4.78, 5) is 23.6. The molecule has 26 heavy (non-hydrogen) atoms. The predicted molar refractivity (Wildman–Crippen MR) is 89.4 cm³/mol. The van der Waals surface area contributed by atoms with Crippen molar-refractivity contribution in [3.05, 3.63) is 65.2 Å². The number of carbonyl (C=O) groups is 2. The second-order valence-electron chi connectivity index (χ2n) is 5.84. The van der Waals surface area contributed by atoms with E-state index in [1.54, 1.807) is 12.1 Å². The topological polar surface area (TPSA) is 55.4 Å². The molecule has 1 amide bonds. The molecule has 2 rings (SSSR count). The number of aryl methyl sites for hydroxylation is 1. The van der Waals surface area contributed by atoms with Gasteiger partial charge in [-0.2, -0.15) is 13.2 Å². The van der Waals surface area contributed by atoms with Crippen molar-refractivity contribution in [3.63, 3.8) is 0 Å². The quantitative estimate of drug-likeness (QED) is 0.639. The van der Waals surface area contributed by atoms with Gasteiger partial charge in [0, 0.05) is 6.92 Å². The lowest BCUT2D eigenvalue weighted by atomic mass is 10.0. The molecule has 4 nitrogen and oxygen atoms in total. The van der Waals surface area contributed by atoms with Gasteiger partial charge in [0.25, 0.3) is 0 Å². The molecule has 1 unspecified atom stereocenters. The summed E-state index contributed by atoms with van der Waals surface area (Å²) in [6, 6.07) is 10.9. The van der Waals surface area contributed by atoms with Crippen molar-refractivity contribution < 1.29 is 27.5 Å². The number of nitrogens with one attached hydrogen (secondary N) is 1. The largest absolute Gasteiger partial charge is 0.426 e. The van der Waals surface area contributed by atoms with E-state index < -0.39 is 29.5 Å². The van der Waals surface area contributed by atoms with Crippen LogP contribution in [-0.4, -0.2) is 11.9 Å². The summed E-state index contributed by atoms with van der Waals surface area (Å²) < 4.78 is 43.9. The SMILES string of the molecule is CC(=O)NC(CC(=O)Oc1ccccc1C(F)(F)F)c1ccc(C)cc1. The zero-order valence-corrected chi connectivity index (χ0v) is 14.3. The molecule has 1 N–H and O–H groups in total. The van der Waals surface area contributed by atoms with E-state index in [0.29, 0.717) is 5.56 Å². The third-order valence-corrected chi connectivity index (χ3v) is 3.64. The van der Waals surface area contributed by atoms with E-state index in [2.05, 4.69) is 5.32 Å². The fraction of sp³-hybridized carbons (Fsp3) is 0.263. The molecule has 0 bridgehead atoms. The minimum atomic E-state index is -4.63. The Balaban J connectivity index is 2.18. The molecule has 0 radical (unpaired) electrons. The van der Waals surface area contributed by atoms with Crippen molar-refractivity contribution in [1.82, 2.24) is 5.32 Å². The number of para-hydroxylation sites is 1. The highest BCUT2D eigenvalue weighted by atomic mass is 19.4. The van der Waals surface area contributed by atoms with Crippen molar-refractivity contribution in [3.8, 4) is 5.75 Å². The highest BCUT2D eigenvalue weighted by molar-refractivity contribution is 5.77. The van der Waals surface area contributed by atoms with Crippen LogP contribution in [0.2, 0.25) is 0 Å². The first kappa shape index (κ1) is 19.5. The van der Waals surface area contributed by atoms with Crippen LogP contribution in [-0.2, 0) is 15.8 Å². The molecule has 0 aliphatic carbocycles. The number of rotatable bonds is 5. The van der Waals surface area contributed by atoms with Crippen LogP contribution in [0.5, 0.6) is 5.75 Å². The average molecular weight is 365 g/mol. The molecule has 0 fully saturated rings. The molecule has 0 saturated heterocycles. The number of alkyl halides is 3. The Kier molecular flexibility index (Phi) is 6.02. The van der Waals surface area contributed by atoms with Crippen LogP contribution >= 0.6 is 0 Å². The number of hydrogen-bond acceptors (Lipinski definition) is 3. The lowest BCUT2D eigenvalue weighted by Crippen LogP contribution is -2.29. The Morgan fingerprint density at radius 2 is 1.69 bits per heavy atom. The van der Waals surface area contributed by atoms with Crippen LogP contribution < -0.4 is 10.1 Å². The highest BCUT2D eigenvalue weighted by Gasteiger charge is 2.34. The summed E-state index contributed by atoms with van der Waals surface area (Å²) >= 11 is 0. The van der Waals surface area contributed by atoms with Gasteiger partial charge in [-0.3, -0.25) is 9.59 Å². The molecule has 1 atom stereocenters. The molecule has 0 heterocycles. The van der Waals surface area contributed by atoms with Crippen LogP contribution in [0.25, 0.3) is 0 Å². The zero-order chi connectivity index (χ0) is 19.3. The number of ether oxygens (including phenoxy) is 1. The summed E-state index contributed by atoms with van der Waals surface area (Å²) in [7, 11) is 0. The van der Waals surface area contributed by atoms with E-state index in [0.717, 1.165) is 17.7 Å². The van der Waals surface area contributed by atoms with Crippen LogP contribution in [0.3, 0.4) is 0 Å². The average Bonchev–Trinajstić information content (AvgIpc) is 2.54. The van der Waals surface area contributed by atoms with Crippen LogP contribution in [0.4, 0.5) is 13.2 Å². The van der Waals surface area contributed by atoms with Crippen LogP contribution in [0.15, 0.2) is 48.5 Å². The molecule has 7 heteroatoms. The number of esters is 1. The Labute approximate surface area is 149 Å². The maximum atomic E-state index is 13.0. The number of halogens is 3. The number of amides is 1. The molecule has 138 valence electrons. The Hall–Kier alpha value is -2.83. The Morgan fingerprint density at radius 1 is 1.08 bits per heavy atom. The molecule has 0 aliphatic heterocycles. The Bertz CT molecular complexity index is 785. The Morgan fingerprint density at radius 3 is 2.27 bits per heavy atom. The van der Waals surface area contributed by atoms with Crippen molar-refractivity contribution >= 4 is 11.9 Å². The van der Waals surface area contributed by atoms with Gasteiger partial charge in [0.1, 0.15) is 5.75 Å². The van der Waals surface area contributed by atoms with Gasteiger partial charge < -0.3 is 10.1 Å². The van der Waals surface area contributed by atoms with Crippen molar-refractivity contribution in [2.24, 2.45) is 0 Å². The number of hydrogen-bond donors (Lipinski definition) is 1. The minimum absolute atomic E-state index is 0.297. The lowest BCUT2D eigenvalue weighted by Gasteiger charge is -2.18. The summed E-state index contributed by atoms with van der Waals surface area (Å²) in [5, 5.41) is 2.62. The van der Waals surface area contributed by atoms with Crippen molar-refractivity contribution in [2.75, 3.05) is 0 Å². The monoisotopic (exact) mass is 365 g/mol. The van der Waals surface area contributed by atoms with E-state index in [9.17, 15) is 22.8 Å². The fourth-order valence-electron chi connectivity index (χ4n) is 2.42. The molecule has 0 saturated carbocycles. The van der Waals surface area contributed by atoms with Gasteiger partial charge in [0.05, 0.1) is 18.0 Å². The lowest BCUT2D eigenvalue weighted by molar-refractivity contribution is -0.142. The minimum Gasteiger partial charge on any atom is -0.426 e. The molecule has 2 aromatic rings. The molecule has 2 aromatic carbocycles. The predicted octanol–water partition coefficient (Wildman–Crippen LogP) is 4.19. The molecular weight excluding hydrogens is 347 g/mol. The molecule has 0 aromatic heterocycles. The second-order valence-corrected chi connectivity index (χ2v) is 5.84. The van der Waals surface area contributed by atoms with Crippen molar-refractivity contribution in [2.45, 2.75) is 32.5 Å². The van der Waals surface area contributed by atoms with Gasteiger partial charge in [0.15, 0.2) is 0 Å². The van der Waals surface area contributed by atoms with E-state index in [1.807, 2.05) is 19.1 Å². The standard InChI is InChI=1S/C19H18F3NO3/c1-12-7-9-14(10-8-12)16(23-13(2)24)11-18(25)26-17-6-4-3-5-15(17)19(20,21)22/h3-10,16H,11H2,1-2H3,(H,23,24). The first-order chi connectivity index (χ1) is 12.2. The van der Waals surface area contributed by atoms with Gasteiger partial charge in [-0.15, -0.1) is 0 Å². The first-order valence-electron chi connectivity index (χ1n) is 7.87. The smallest absolute Gasteiger partial charge is 0.419 e. The summed E-state index contributed by atoms with van der Waals surface area (Å²) in [5.74, 6) is -1.80. The number of carbonyl (C=O) groups excluding carboxylic acids is 2. The van der Waals surface area contributed by atoms with Gasteiger partial charge in [0.2, 0.25) is 5.91 Å². The maximum Gasteiger partial charge on any atom is 0.419 e.